The molecule has 0 saturated carbocycles. The van der Waals surface area contributed by atoms with Crippen molar-refractivity contribution in [1.82, 2.24) is 20.4 Å². The molecule has 1 amide bonds. The molecule has 2 aromatic heterocycles. The van der Waals surface area contributed by atoms with E-state index in [2.05, 4.69) is 15.7 Å². The molecule has 6 heteroatoms. The molecule has 2 N–H and O–H groups in total. The van der Waals surface area contributed by atoms with Crippen LogP contribution in [0.2, 0.25) is 0 Å². The van der Waals surface area contributed by atoms with Gasteiger partial charge in [0.1, 0.15) is 11.3 Å². The number of nitrogens with zero attached hydrogens (tertiary/aromatic N) is 2. The van der Waals surface area contributed by atoms with E-state index in [1.165, 1.54) is 0 Å². The van der Waals surface area contributed by atoms with Crippen LogP contribution in [0.5, 0.6) is 0 Å². The number of fused-ring (bicyclic) bond motifs is 1. The van der Waals surface area contributed by atoms with E-state index in [9.17, 15) is 4.79 Å². The zero-order chi connectivity index (χ0) is 17.8. The molecule has 0 spiro atoms. The van der Waals surface area contributed by atoms with Gasteiger partial charge in [0, 0.05) is 17.6 Å². The first-order chi connectivity index (χ1) is 12.0. The molecule has 0 bridgehead atoms. The summed E-state index contributed by atoms with van der Waals surface area (Å²) in [6.07, 6.45) is 3.82. The Bertz CT molecular complexity index is 819. The van der Waals surface area contributed by atoms with E-state index in [0.29, 0.717) is 0 Å². The molecule has 2 unspecified atom stereocenters. The van der Waals surface area contributed by atoms with Gasteiger partial charge in [-0.2, -0.15) is 5.10 Å². The topological polar surface area (TPSA) is 72.1 Å². The van der Waals surface area contributed by atoms with E-state index < -0.39 is 0 Å². The van der Waals surface area contributed by atoms with Crippen molar-refractivity contribution in [1.29, 1.82) is 0 Å². The Morgan fingerprint density at radius 1 is 1.32 bits per heavy atom. The molecule has 0 radical (unpaired) electrons. The van der Waals surface area contributed by atoms with Crippen LogP contribution >= 0.6 is 0 Å². The fourth-order valence-electron chi connectivity index (χ4n) is 2.76. The summed E-state index contributed by atoms with van der Waals surface area (Å²) in [5, 5.41) is 11.5. The Balaban J connectivity index is 1.48. The predicted octanol–water partition coefficient (Wildman–Crippen LogP) is 2.79. The highest BCUT2D eigenvalue weighted by Crippen LogP contribution is 2.23. The lowest BCUT2D eigenvalue weighted by molar-refractivity contribution is -0.121. The second-order valence-electron chi connectivity index (χ2n) is 6.50. The van der Waals surface area contributed by atoms with Crippen LogP contribution in [0.3, 0.4) is 0 Å². The van der Waals surface area contributed by atoms with Crippen molar-refractivity contribution in [3.63, 3.8) is 0 Å². The van der Waals surface area contributed by atoms with Crippen LogP contribution in [0.1, 0.15) is 31.2 Å². The molecular weight excluding hydrogens is 316 g/mol. The molecule has 0 aliphatic heterocycles. The minimum Gasteiger partial charge on any atom is -0.459 e. The normalized spacial score (nSPS) is 13.7. The number of benzene rings is 1. The van der Waals surface area contributed by atoms with Gasteiger partial charge in [0.2, 0.25) is 5.91 Å². The fraction of sp³-hybridized carbons (Fsp3) is 0.368. The number of hydrogen-bond acceptors (Lipinski definition) is 4. The van der Waals surface area contributed by atoms with Gasteiger partial charge in [-0.25, -0.2) is 0 Å². The summed E-state index contributed by atoms with van der Waals surface area (Å²) in [7, 11) is 0. The first-order valence-corrected chi connectivity index (χ1v) is 8.51. The molecule has 0 saturated heterocycles. The summed E-state index contributed by atoms with van der Waals surface area (Å²) in [6.45, 7) is 6.94. The van der Waals surface area contributed by atoms with Gasteiger partial charge in [0.25, 0.3) is 0 Å². The van der Waals surface area contributed by atoms with Crippen LogP contribution in [0.4, 0.5) is 0 Å². The monoisotopic (exact) mass is 340 g/mol. The van der Waals surface area contributed by atoms with E-state index in [1.54, 1.807) is 0 Å². The van der Waals surface area contributed by atoms with Crippen molar-refractivity contribution < 1.29 is 9.21 Å². The summed E-state index contributed by atoms with van der Waals surface area (Å²) in [4.78, 5) is 12.2. The van der Waals surface area contributed by atoms with Crippen LogP contribution in [-0.4, -0.2) is 28.3 Å². The Morgan fingerprint density at radius 2 is 2.12 bits per heavy atom. The lowest BCUT2D eigenvalue weighted by Gasteiger charge is -2.15. The second-order valence-corrected chi connectivity index (χ2v) is 6.50. The first kappa shape index (κ1) is 17.2. The Labute approximate surface area is 147 Å². The molecule has 0 aliphatic carbocycles. The molecule has 1 aromatic carbocycles. The van der Waals surface area contributed by atoms with Gasteiger partial charge in [-0.3, -0.25) is 9.48 Å². The van der Waals surface area contributed by atoms with Crippen molar-refractivity contribution in [2.45, 2.75) is 39.4 Å². The third kappa shape index (κ3) is 4.48. The number of carbonyl (C=O) groups excluding carboxylic acids is 1. The van der Waals surface area contributed by atoms with Crippen molar-refractivity contribution >= 4 is 16.9 Å². The molecule has 132 valence electrons. The maximum atomic E-state index is 12.2. The Morgan fingerprint density at radius 3 is 2.84 bits per heavy atom. The van der Waals surface area contributed by atoms with Crippen LogP contribution in [0.15, 0.2) is 47.1 Å². The number of nitrogens with one attached hydrogen (secondary N) is 2. The number of hydrogen-bond donors (Lipinski definition) is 2. The van der Waals surface area contributed by atoms with Gasteiger partial charge in [0.15, 0.2) is 0 Å². The number of aryl methyl sites for hydroxylation is 1. The van der Waals surface area contributed by atoms with Gasteiger partial charge in [0.05, 0.1) is 25.3 Å². The van der Waals surface area contributed by atoms with Gasteiger partial charge in [-0.1, -0.05) is 18.2 Å². The summed E-state index contributed by atoms with van der Waals surface area (Å²) in [5.41, 5.74) is 1.96. The zero-order valence-electron chi connectivity index (χ0n) is 14.8. The highest BCUT2D eigenvalue weighted by molar-refractivity contribution is 5.80. The SMILES string of the molecule is Cc1cnn(CC(C)NCC(=O)NC(C)c2cc3ccccc3o2)c1. The van der Waals surface area contributed by atoms with Crippen molar-refractivity contribution in [2.24, 2.45) is 0 Å². The Kier molecular flexibility index (Phi) is 5.19. The van der Waals surface area contributed by atoms with E-state index >= 15 is 0 Å². The number of furan rings is 1. The van der Waals surface area contributed by atoms with Gasteiger partial charge >= 0.3 is 0 Å². The molecule has 3 aromatic rings. The summed E-state index contributed by atoms with van der Waals surface area (Å²) < 4.78 is 7.67. The van der Waals surface area contributed by atoms with E-state index in [-0.39, 0.29) is 24.5 Å². The van der Waals surface area contributed by atoms with Crippen LogP contribution in [0.25, 0.3) is 11.0 Å². The summed E-state index contributed by atoms with van der Waals surface area (Å²) in [6, 6.07) is 9.77. The summed E-state index contributed by atoms with van der Waals surface area (Å²) in [5.74, 6) is 0.700. The number of rotatable bonds is 7. The van der Waals surface area contributed by atoms with E-state index in [0.717, 1.165) is 28.8 Å². The molecule has 0 fully saturated rings. The molecule has 3 rings (SSSR count). The minimum atomic E-state index is -0.175. The van der Waals surface area contributed by atoms with Crippen LogP contribution in [-0.2, 0) is 11.3 Å². The number of para-hydroxylation sites is 1. The third-order valence-electron chi connectivity index (χ3n) is 4.08. The minimum absolute atomic E-state index is 0.0588. The number of amides is 1. The van der Waals surface area contributed by atoms with Crippen molar-refractivity contribution in [3.05, 3.63) is 54.0 Å². The smallest absolute Gasteiger partial charge is 0.234 e. The fourth-order valence-corrected chi connectivity index (χ4v) is 2.76. The van der Waals surface area contributed by atoms with Crippen LogP contribution in [0, 0.1) is 6.92 Å². The molecule has 6 nitrogen and oxygen atoms in total. The highest BCUT2D eigenvalue weighted by atomic mass is 16.3. The second kappa shape index (κ2) is 7.53. The maximum absolute atomic E-state index is 12.2. The zero-order valence-corrected chi connectivity index (χ0v) is 14.8. The maximum Gasteiger partial charge on any atom is 0.234 e. The third-order valence-corrected chi connectivity index (χ3v) is 4.08. The van der Waals surface area contributed by atoms with Gasteiger partial charge < -0.3 is 15.1 Å². The largest absolute Gasteiger partial charge is 0.459 e. The standard InChI is InChI=1S/C19H24N4O2/c1-13-9-21-23(11-13)12-14(2)20-10-19(24)22-15(3)18-8-16-6-4-5-7-17(16)25-18/h4-9,11,14-15,20H,10,12H2,1-3H3,(H,22,24). The number of aromatic nitrogens is 2. The van der Waals surface area contributed by atoms with Crippen molar-refractivity contribution in [2.75, 3.05) is 6.54 Å². The first-order valence-electron chi connectivity index (χ1n) is 8.51. The average molecular weight is 340 g/mol. The van der Waals surface area contributed by atoms with Gasteiger partial charge in [-0.05, 0) is 38.5 Å². The molecule has 25 heavy (non-hydrogen) atoms. The molecule has 2 atom stereocenters. The number of carbonyl (C=O) groups is 1. The molecular formula is C19H24N4O2. The lowest BCUT2D eigenvalue weighted by Crippen LogP contribution is -2.40. The molecule has 2 heterocycles. The van der Waals surface area contributed by atoms with Crippen LogP contribution < -0.4 is 10.6 Å². The lowest BCUT2D eigenvalue weighted by atomic mass is 10.2. The van der Waals surface area contributed by atoms with Gasteiger partial charge in [-0.15, -0.1) is 0 Å². The van der Waals surface area contributed by atoms with E-state index in [1.807, 2.05) is 68.2 Å². The highest BCUT2D eigenvalue weighted by Gasteiger charge is 2.14. The average Bonchev–Trinajstić information content (AvgIpc) is 3.19. The predicted molar refractivity (Wildman–Crippen MR) is 97.2 cm³/mol. The van der Waals surface area contributed by atoms with Crippen molar-refractivity contribution in [3.8, 4) is 0 Å². The molecule has 0 aliphatic rings. The quantitative estimate of drug-likeness (QED) is 0.694. The Hall–Kier alpha value is -2.60. The van der Waals surface area contributed by atoms with E-state index in [4.69, 9.17) is 4.42 Å². The summed E-state index contributed by atoms with van der Waals surface area (Å²) >= 11 is 0.